The minimum Gasteiger partial charge on any atom is -0.495 e. The van der Waals surface area contributed by atoms with Crippen molar-refractivity contribution in [2.75, 3.05) is 25.5 Å². The zero-order chi connectivity index (χ0) is 25.2. The van der Waals surface area contributed by atoms with Gasteiger partial charge < -0.3 is 15.0 Å². The number of sulfonamides is 1. The molecule has 0 unspecified atom stereocenters. The fourth-order valence-electron chi connectivity index (χ4n) is 4.20. The summed E-state index contributed by atoms with van der Waals surface area (Å²) in [5.74, 6) is -0.0752. The third-order valence-corrected chi connectivity index (χ3v) is 7.85. The zero-order valence-corrected chi connectivity index (χ0v) is 20.7. The number of piperidine rings is 1. The molecular formula is C25H28N4O5S. The first-order valence-electron chi connectivity index (χ1n) is 11.3. The van der Waals surface area contributed by atoms with Crippen LogP contribution in [-0.4, -0.2) is 48.8 Å². The van der Waals surface area contributed by atoms with Crippen molar-refractivity contribution in [1.82, 2.24) is 14.3 Å². The lowest BCUT2D eigenvalue weighted by Gasteiger charge is -2.31. The maximum absolute atomic E-state index is 13.4. The molecule has 1 saturated heterocycles. The van der Waals surface area contributed by atoms with Gasteiger partial charge in [0.1, 0.15) is 16.5 Å². The summed E-state index contributed by atoms with van der Waals surface area (Å²) in [6.07, 6.45) is 1.15. The van der Waals surface area contributed by atoms with Crippen LogP contribution in [-0.2, 0) is 14.8 Å². The lowest BCUT2D eigenvalue weighted by Crippen LogP contribution is -2.43. The highest BCUT2D eigenvalue weighted by Crippen LogP contribution is 2.31. The molecule has 1 atom stereocenters. The number of hydrogen-bond acceptors (Lipinski definition) is 6. The smallest absolute Gasteiger partial charge is 0.251 e. The Morgan fingerprint density at radius 1 is 1.17 bits per heavy atom. The number of nitrogens with zero attached hydrogens (tertiary/aromatic N) is 2. The first-order chi connectivity index (χ1) is 16.7. The number of anilines is 1. The van der Waals surface area contributed by atoms with Crippen LogP contribution in [0.1, 0.15) is 24.1 Å². The van der Waals surface area contributed by atoms with Gasteiger partial charge in [-0.05, 0) is 56.5 Å². The van der Waals surface area contributed by atoms with E-state index in [0.29, 0.717) is 42.2 Å². The molecule has 10 heteroatoms. The number of rotatable bonds is 6. The average molecular weight is 497 g/mol. The van der Waals surface area contributed by atoms with E-state index in [1.54, 1.807) is 49.4 Å². The number of aryl methyl sites for hydroxylation is 2. The van der Waals surface area contributed by atoms with Crippen molar-refractivity contribution in [3.8, 4) is 17.1 Å². The van der Waals surface area contributed by atoms with Crippen molar-refractivity contribution in [2.45, 2.75) is 31.6 Å². The summed E-state index contributed by atoms with van der Waals surface area (Å²) < 4.78 is 33.4. The highest BCUT2D eigenvalue weighted by atomic mass is 32.2. The molecule has 0 radical (unpaired) electrons. The van der Waals surface area contributed by atoms with Crippen LogP contribution in [0.2, 0.25) is 0 Å². The molecule has 0 bridgehead atoms. The Morgan fingerprint density at radius 2 is 1.97 bits per heavy atom. The number of carbonyl (C=O) groups is 1. The van der Waals surface area contributed by atoms with E-state index in [-0.39, 0.29) is 28.7 Å². The summed E-state index contributed by atoms with van der Waals surface area (Å²) in [4.78, 5) is 32.0. The molecule has 1 aromatic heterocycles. The van der Waals surface area contributed by atoms with Gasteiger partial charge in [0, 0.05) is 36.1 Å². The van der Waals surface area contributed by atoms with Crippen LogP contribution >= 0.6 is 0 Å². The van der Waals surface area contributed by atoms with E-state index in [2.05, 4.69) is 15.3 Å². The summed E-state index contributed by atoms with van der Waals surface area (Å²) in [5, 5.41) is 2.89. The predicted octanol–water partition coefficient (Wildman–Crippen LogP) is 3.10. The van der Waals surface area contributed by atoms with Crippen molar-refractivity contribution in [2.24, 2.45) is 5.92 Å². The Balaban J connectivity index is 1.52. The SMILES string of the molecule is COc1ccc(C)cc1S(=O)(=O)N1CCC[C@H](C(=O)Nc2cccc(-c3nc(C)cc(=O)[nH]3)c2)C1. The second kappa shape index (κ2) is 10.0. The normalized spacial score (nSPS) is 16.6. The van der Waals surface area contributed by atoms with Gasteiger partial charge >= 0.3 is 0 Å². The summed E-state index contributed by atoms with van der Waals surface area (Å²) in [5.41, 5.74) is 2.34. The van der Waals surface area contributed by atoms with Gasteiger partial charge in [-0.15, -0.1) is 0 Å². The Labute approximate surface area is 204 Å². The van der Waals surface area contributed by atoms with Gasteiger partial charge in [0.2, 0.25) is 15.9 Å². The molecule has 4 rings (SSSR count). The van der Waals surface area contributed by atoms with E-state index in [4.69, 9.17) is 4.74 Å². The van der Waals surface area contributed by atoms with Gasteiger partial charge in [-0.1, -0.05) is 18.2 Å². The first kappa shape index (κ1) is 24.6. The highest BCUT2D eigenvalue weighted by Gasteiger charge is 2.35. The zero-order valence-electron chi connectivity index (χ0n) is 19.9. The van der Waals surface area contributed by atoms with Crippen molar-refractivity contribution in [3.63, 3.8) is 0 Å². The second-order valence-corrected chi connectivity index (χ2v) is 10.6. The molecule has 1 aliphatic rings. The number of aromatic amines is 1. The number of aromatic nitrogens is 2. The number of H-pyrrole nitrogens is 1. The summed E-state index contributed by atoms with van der Waals surface area (Å²) in [7, 11) is -2.39. The second-order valence-electron chi connectivity index (χ2n) is 8.66. The minimum atomic E-state index is -3.83. The number of methoxy groups -OCH3 is 1. The van der Waals surface area contributed by atoms with Gasteiger partial charge in [0.05, 0.1) is 13.0 Å². The van der Waals surface area contributed by atoms with E-state index in [0.717, 1.165) is 5.56 Å². The van der Waals surface area contributed by atoms with E-state index >= 15 is 0 Å². The van der Waals surface area contributed by atoms with Gasteiger partial charge in [0.15, 0.2) is 0 Å². The Bertz CT molecular complexity index is 1420. The molecule has 184 valence electrons. The number of benzene rings is 2. The van der Waals surface area contributed by atoms with Crippen LogP contribution in [0.4, 0.5) is 5.69 Å². The number of carbonyl (C=O) groups excluding carboxylic acids is 1. The van der Waals surface area contributed by atoms with Crippen LogP contribution in [0, 0.1) is 19.8 Å². The van der Waals surface area contributed by atoms with E-state index < -0.39 is 15.9 Å². The molecule has 1 fully saturated rings. The van der Waals surface area contributed by atoms with Crippen LogP contribution in [0.5, 0.6) is 5.75 Å². The van der Waals surface area contributed by atoms with Gasteiger partial charge in [0.25, 0.3) is 5.56 Å². The molecule has 0 saturated carbocycles. The number of ether oxygens (including phenoxy) is 1. The average Bonchev–Trinajstić information content (AvgIpc) is 2.83. The van der Waals surface area contributed by atoms with Crippen molar-refractivity contribution >= 4 is 21.6 Å². The van der Waals surface area contributed by atoms with E-state index in [1.807, 2.05) is 6.92 Å². The quantitative estimate of drug-likeness (QED) is 0.541. The third kappa shape index (κ3) is 5.44. The summed E-state index contributed by atoms with van der Waals surface area (Å²) in [6.45, 7) is 3.98. The maximum Gasteiger partial charge on any atom is 0.251 e. The number of nitrogens with one attached hydrogen (secondary N) is 2. The van der Waals surface area contributed by atoms with Crippen molar-refractivity contribution in [1.29, 1.82) is 0 Å². The molecule has 0 aliphatic carbocycles. The third-order valence-electron chi connectivity index (χ3n) is 5.97. The first-order valence-corrected chi connectivity index (χ1v) is 12.8. The standard InChI is InChI=1S/C25H28N4O5S/c1-16-9-10-21(34-3)22(12-16)35(32,33)29-11-5-7-19(15-29)25(31)27-20-8-4-6-18(14-20)24-26-17(2)13-23(30)28-24/h4,6,8-10,12-14,19H,5,7,11,15H2,1-3H3,(H,27,31)(H,26,28,30)/t19-/m0/s1. The molecule has 1 aliphatic heterocycles. The number of amides is 1. The van der Waals surface area contributed by atoms with Crippen LogP contribution in [0.3, 0.4) is 0 Å². The van der Waals surface area contributed by atoms with Crippen LogP contribution in [0.15, 0.2) is 58.2 Å². The van der Waals surface area contributed by atoms with Gasteiger partial charge in [-0.2, -0.15) is 4.31 Å². The molecule has 2 heterocycles. The molecular weight excluding hydrogens is 468 g/mol. The molecule has 35 heavy (non-hydrogen) atoms. The Kier molecular flexibility index (Phi) is 7.04. The summed E-state index contributed by atoms with van der Waals surface area (Å²) >= 11 is 0. The number of hydrogen-bond donors (Lipinski definition) is 2. The molecule has 9 nitrogen and oxygen atoms in total. The van der Waals surface area contributed by atoms with Crippen molar-refractivity contribution in [3.05, 3.63) is 70.1 Å². The molecule has 0 spiro atoms. The topological polar surface area (TPSA) is 121 Å². The van der Waals surface area contributed by atoms with E-state index in [1.165, 1.54) is 17.5 Å². The maximum atomic E-state index is 13.4. The summed E-state index contributed by atoms with van der Waals surface area (Å²) in [6, 6.07) is 13.4. The Hall–Kier alpha value is -3.50. The lowest BCUT2D eigenvalue weighted by molar-refractivity contribution is -0.120. The molecule has 2 aromatic carbocycles. The predicted molar refractivity (Wildman–Crippen MR) is 133 cm³/mol. The van der Waals surface area contributed by atoms with Gasteiger partial charge in [-0.3, -0.25) is 9.59 Å². The minimum absolute atomic E-state index is 0.0811. The fraction of sp³-hybridized carbons (Fsp3) is 0.320. The van der Waals surface area contributed by atoms with E-state index in [9.17, 15) is 18.0 Å². The Morgan fingerprint density at radius 3 is 2.71 bits per heavy atom. The molecule has 1 amide bonds. The molecule has 2 N–H and O–H groups in total. The monoisotopic (exact) mass is 496 g/mol. The van der Waals surface area contributed by atoms with Gasteiger partial charge in [-0.25, -0.2) is 13.4 Å². The van der Waals surface area contributed by atoms with Crippen LogP contribution in [0.25, 0.3) is 11.4 Å². The molecule has 3 aromatic rings. The largest absolute Gasteiger partial charge is 0.495 e. The van der Waals surface area contributed by atoms with Crippen molar-refractivity contribution < 1.29 is 17.9 Å². The highest BCUT2D eigenvalue weighted by molar-refractivity contribution is 7.89. The van der Waals surface area contributed by atoms with Crippen LogP contribution < -0.4 is 15.6 Å². The lowest BCUT2D eigenvalue weighted by atomic mass is 9.98. The fourth-order valence-corrected chi connectivity index (χ4v) is 5.97.